The highest BCUT2D eigenvalue weighted by Gasteiger charge is 2.47. The van der Waals surface area contributed by atoms with Crippen molar-refractivity contribution in [3.8, 4) is 11.1 Å². The van der Waals surface area contributed by atoms with Crippen molar-refractivity contribution < 1.29 is 61.4 Å². The summed E-state index contributed by atoms with van der Waals surface area (Å²) in [6.45, 7) is -1.04. The van der Waals surface area contributed by atoms with Crippen molar-refractivity contribution in [2.75, 3.05) is 6.61 Å². The molecule has 20 heteroatoms. The number of ether oxygens (including phenoxy) is 1. The SMILES string of the molecule is O=c1[nH]c(=S)c(C2c3ccccc3-c3ccccc32)cn1[C@@H]1O[C@H](COP(=O)(O)OP(=O)(O)OP(=O)(O)O)[C@@H](O)[C@H]1O. The largest absolute Gasteiger partial charge is 0.490 e. The van der Waals surface area contributed by atoms with Crippen molar-refractivity contribution in [2.45, 2.75) is 30.5 Å². The normalized spacial score (nSPS) is 25.0. The molecule has 42 heavy (non-hydrogen) atoms. The van der Waals surface area contributed by atoms with Crippen molar-refractivity contribution in [3.63, 3.8) is 0 Å². The third-order valence-corrected chi connectivity index (χ3v) is 10.7. The van der Waals surface area contributed by atoms with Gasteiger partial charge in [-0.15, -0.1) is 0 Å². The summed E-state index contributed by atoms with van der Waals surface area (Å²) < 4.78 is 52.8. The molecule has 1 aliphatic carbocycles. The number of aromatic amines is 1. The number of aliphatic hydroxyl groups excluding tert-OH is 2. The van der Waals surface area contributed by atoms with Crippen LogP contribution in [-0.2, 0) is 31.6 Å². The van der Waals surface area contributed by atoms with Crippen LogP contribution in [0.15, 0.2) is 59.5 Å². The summed E-state index contributed by atoms with van der Waals surface area (Å²) in [5, 5.41) is 21.2. The monoisotopic (exact) mass is 664 g/mol. The van der Waals surface area contributed by atoms with Gasteiger partial charge < -0.3 is 34.5 Å². The number of hydrogen-bond donors (Lipinski definition) is 7. The van der Waals surface area contributed by atoms with E-state index in [0.29, 0.717) is 5.56 Å². The van der Waals surface area contributed by atoms with Gasteiger partial charge in [-0.05, 0) is 22.3 Å². The lowest BCUT2D eigenvalue weighted by Crippen LogP contribution is -2.36. The summed E-state index contributed by atoms with van der Waals surface area (Å²) in [4.78, 5) is 51.7. The molecular weight excluding hydrogens is 641 g/mol. The molecule has 0 amide bonds. The molecule has 1 fully saturated rings. The van der Waals surface area contributed by atoms with Gasteiger partial charge in [0.1, 0.15) is 23.0 Å². The molecule has 0 radical (unpaired) electrons. The molecule has 2 unspecified atom stereocenters. The number of H-pyrrole nitrogens is 1. The topological polar surface area (TPSA) is 247 Å². The van der Waals surface area contributed by atoms with Crippen molar-refractivity contribution in [2.24, 2.45) is 0 Å². The molecule has 1 aromatic heterocycles. The van der Waals surface area contributed by atoms with E-state index in [1.165, 1.54) is 6.20 Å². The number of hydrogen-bond acceptors (Lipinski definition) is 11. The number of phosphoric acid groups is 3. The van der Waals surface area contributed by atoms with E-state index in [1.807, 2.05) is 48.5 Å². The molecule has 16 nitrogen and oxygen atoms in total. The summed E-state index contributed by atoms with van der Waals surface area (Å²) in [7, 11) is -16.9. The first-order chi connectivity index (χ1) is 19.6. The number of nitrogens with one attached hydrogen (secondary N) is 1. The Kier molecular flexibility index (Phi) is 8.48. The maximum absolute atomic E-state index is 12.9. The Hall–Kier alpha value is -2.17. The maximum Gasteiger partial charge on any atom is 0.490 e. The second-order valence-electron chi connectivity index (χ2n) is 9.29. The minimum atomic E-state index is -5.77. The second-order valence-corrected chi connectivity index (χ2v) is 14.1. The Bertz CT molecular complexity index is 1740. The maximum atomic E-state index is 12.9. The number of fused-ring (bicyclic) bond motifs is 3. The van der Waals surface area contributed by atoms with Crippen molar-refractivity contribution in [3.05, 3.63) is 86.5 Å². The number of aromatic nitrogens is 2. The molecule has 0 bridgehead atoms. The van der Waals surface area contributed by atoms with E-state index in [2.05, 4.69) is 18.1 Å². The van der Waals surface area contributed by atoms with Gasteiger partial charge in [-0.2, -0.15) is 8.62 Å². The van der Waals surface area contributed by atoms with Crippen LogP contribution in [0.5, 0.6) is 0 Å². The highest BCUT2D eigenvalue weighted by atomic mass is 32.1. The molecular formula is C22H23N2O14P3S. The summed E-state index contributed by atoms with van der Waals surface area (Å²) in [6.07, 6.45) is -5.30. The molecule has 3 aromatic rings. The first-order valence-corrected chi connectivity index (χ1v) is 16.8. The average Bonchev–Trinajstić information content (AvgIpc) is 3.35. The van der Waals surface area contributed by atoms with Gasteiger partial charge in [0.25, 0.3) is 0 Å². The highest BCUT2D eigenvalue weighted by molar-refractivity contribution is 7.71. The van der Waals surface area contributed by atoms with Crippen LogP contribution in [0.25, 0.3) is 11.1 Å². The first-order valence-electron chi connectivity index (χ1n) is 11.9. The molecule has 6 atom stereocenters. The molecule has 0 spiro atoms. The van der Waals surface area contributed by atoms with Gasteiger partial charge in [0.05, 0.1) is 6.61 Å². The van der Waals surface area contributed by atoms with E-state index in [-0.39, 0.29) is 4.64 Å². The first kappa shape index (κ1) is 31.3. The molecule has 2 heterocycles. The molecule has 1 aliphatic heterocycles. The molecule has 226 valence electrons. The molecule has 1 saturated heterocycles. The fraction of sp³-hybridized carbons (Fsp3) is 0.273. The number of aliphatic hydroxyl groups is 2. The van der Waals surface area contributed by atoms with Crippen molar-refractivity contribution in [1.29, 1.82) is 0 Å². The van der Waals surface area contributed by atoms with Crippen LogP contribution in [0.4, 0.5) is 0 Å². The van der Waals surface area contributed by atoms with Gasteiger partial charge in [-0.3, -0.25) is 14.1 Å². The predicted octanol–water partition coefficient (Wildman–Crippen LogP) is 2.03. The van der Waals surface area contributed by atoms with E-state index in [0.717, 1.165) is 26.8 Å². The van der Waals surface area contributed by atoms with E-state index < -0.39 is 66.2 Å². The average molecular weight is 664 g/mol. The van der Waals surface area contributed by atoms with E-state index in [9.17, 15) is 38.5 Å². The number of phosphoric ester groups is 1. The van der Waals surface area contributed by atoms with Crippen LogP contribution in [-0.4, -0.2) is 64.3 Å². The van der Waals surface area contributed by atoms with E-state index in [4.69, 9.17) is 26.7 Å². The van der Waals surface area contributed by atoms with Crippen LogP contribution >= 0.6 is 35.7 Å². The van der Waals surface area contributed by atoms with E-state index >= 15 is 0 Å². The number of rotatable bonds is 9. The van der Waals surface area contributed by atoms with Crippen molar-refractivity contribution in [1.82, 2.24) is 9.55 Å². The minimum Gasteiger partial charge on any atom is -0.387 e. The molecule has 5 rings (SSSR count). The van der Waals surface area contributed by atoms with Crippen LogP contribution in [0.3, 0.4) is 0 Å². The lowest BCUT2D eigenvalue weighted by molar-refractivity contribution is -0.0543. The molecule has 0 saturated carbocycles. The summed E-state index contributed by atoms with van der Waals surface area (Å²) >= 11 is 5.49. The van der Waals surface area contributed by atoms with E-state index in [1.54, 1.807) is 0 Å². The smallest absolute Gasteiger partial charge is 0.387 e. The Labute approximate surface area is 241 Å². The highest BCUT2D eigenvalue weighted by Crippen LogP contribution is 2.66. The predicted molar refractivity (Wildman–Crippen MR) is 144 cm³/mol. The Morgan fingerprint density at radius 3 is 2.00 bits per heavy atom. The van der Waals surface area contributed by atoms with Gasteiger partial charge in [0, 0.05) is 17.7 Å². The Morgan fingerprint density at radius 2 is 1.43 bits per heavy atom. The zero-order valence-corrected chi connectivity index (χ0v) is 24.4. The third kappa shape index (κ3) is 6.36. The standard InChI is InChI=1S/C22H23N2O14P3S/c25-18-16(10-35-40(31,32)38-41(33,34)37-39(28,29)30)36-21(19(18)26)24-9-15(20(42)23-22(24)27)17-13-7-3-1-5-11(13)12-6-2-4-8-14(12)17/h1-9,16-19,21,25-26H,10H2,(H,31,32)(H,33,34)(H,23,27,42)(H2,28,29,30)/t16-,18-,19-,21-/m1/s1. The summed E-state index contributed by atoms with van der Waals surface area (Å²) in [5.41, 5.74) is 3.49. The zero-order chi connectivity index (χ0) is 30.6. The van der Waals surface area contributed by atoms with Gasteiger partial charge in [-0.1, -0.05) is 60.7 Å². The lowest BCUT2D eigenvalue weighted by Gasteiger charge is -2.21. The zero-order valence-electron chi connectivity index (χ0n) is 20.9. The Morgan fingerprint density at radius 1 is 0.857 bits per heavy atom. The van der Waals surface area contributed by atoms with Crippen LogP contribution in [0.1, 0.15) is 28.8 Å². The molecule has 2 aromatic carbocycles. The Balaban J connectivity index is 1.40. The summed E-state index contributed by atoms with van der Waals surface area (Å²) in [6, 6.07) is 15.3. The fourth-order valence-electron chi connectivity index (χ4n) is 4.95. The van der Waals surface area contributed by atoms with Crippen LogP contribution in [0, 0.1) is 4.64 Å². The van der Waals surface area contributed by atoms with Gasteiger partial charge in [-0.25, -0.2) is 18.5 Å². The molecule has 7 N–H and O–H groups in total. The van der Waals surface area contributed by atoms with Crippen molar-refractivity contribution >= 4 is 35.7 Å². The third-order valence-electron chi connectivity index (χ3n) is 6.57. The van der Waals surface area contributed by atoms with Crippen LogP contribution in [0.2, 0.25) is 0 Å². The van der Waals surface area contributed by atoms with Crippen LogP contribution < -0.4 is 5.69 Å². The molecule has 2 aliphatic rings. The van der Waals surface area contributed by atoms with Gasteiger partial charge in [0.15, 0.2) is 6.23 Å². The lowest BCUT2D eigenvalue weighted by atomic mass is 9.91. The number of benzene rings is 2. The second kappa shape index (κ2) is 11.4. The van der Waals surface area contributed by atoms with Gasteiger partial charge in [0.2, 0.25) is 0 Å². The minimum absolute atomic E-state index is 0.130. The fourth-order valence-corrected chi connectivity index (χ4v) is 8.24. The number of nitrogens with zero attached hydrogens (tertiary/aromatic N) is 1. The summed E-state index contributed by atoms with van der Waals surface area (Å²) in [5.74, 6) is -0.391. The quantitative estimate of drug-likeness (QED) is 0.0999. The van der Waals surface area contributed by atoms with Gasteiger partial charge >= 0.3 is 29.2 Å².